The highest BCUT2D eigenvalue weighted by molar-refractivity contribution is 5.49. The first-order chi connectivity index (χ1) is 8.72. The van der Waals surface area contributed by atoms with Crippen molar-refractivity contribution in [3.05, 3.63) is 30.1 Å². The molecule has 0 bridgehead atoms. The lowest BCUT2D eigenvalue weighted by molar-refractivity contribution is 0.241. The summed E-state index contributed by atoms with van der Waals surface area (Å²) in [6.45, 7) is 8.33. The molecular formula is C15H24N2O. The molecular weight excluding hydrogens is 224 g/mol. The molecule has 3 nitrogen and oxygen atoms in total. The molecule has 0 aliphatic rings. The Morgan fingerprint density at radius 3 is 2.89 bits per heavy atom. The van der Waals surface area contributed by atoms with Crippen molar-refractivity contribution in [3.8, 4) is 5.75 Å². The van der Waals surface area contributed by atoms with Gasteiger partial charge in [-0.05, 0) is 51.4 Å². The van der Waals surface area contributed by atoms with Crippen LogP contribution in [0.3, 0.4) is 0 Å². The van der Waals surface area contributed by atoms with Crippen LogP contribution in [0.4, 0.5) is 0 Å². The molecule has 1 aromatic heterocycles. The van der Waals surface area contributed by atoms with Crippen LogP contribution in [0, 0.1) is 0 Å². The van der Waals surface area contributed by atoms with Crippen LogP contribution >= 0.6 is 0 Å². The Balaban J connectivity index is 2.39. The zero-order valence-corrected chi connectivity index (χ0v) is 11.6. The standard InChI is InChI=1S/C15H24N2O/c1-4-8-16-9-6-5-7-14-10-15(12-17-11-14)18-13(2)3/h5,7,10-13,16H,4,6,8-9H2,1-3H3/b7-5+. The second kappa shape index (κ2) is 8.70. The van der Waals surface area contributed by atoms with Crippen LogP contribution < -0.4 is 10.1 Å². The van der Waals surface area contributed by atoms with E-state index in [2.05, 4.69) is 29.4 Å². The van der Waals surface area contributed by atoms with Crippen molar-refractivity contribution < 1.29 is 4.74 Å². The highest BCUT2D eigenvalue weighted by Crippen LogP contribution is 2.14. The van der Waals surface area contributed by atoms with Gasteiger partial charge in [0.2, 0.25) is 0 Å². The van der Waals surface area contributed by atoms with Crippen molar-refractivity contribution in [2.45, 2.75) is 39.7 Å². The average molecular weight is 248 g/mol. The molecule has 0 fully saturated rings. The first-order valence-corrected chi connectivity index (χ1v) is 6.71. The maximum absolute atomic E-state index is 5.61. The Kier molecular flexibility index (Phi) is 7.11. The van der Waals surface area contributed by atoms with E-state index in [1.165, 1.54) is 6.42 Å². The number of ether oxygens (including phenoxy) is 1. The van der Waals surface area contributed by atoms with Crippen LogP contribution in [0.15, 0.2) is 24.5 Å². The van der Waals surface area contributed by atoms with Gasteiger partial charge < -0.3 is 10.1 Å². The fourth-order valence-electron chi connectivity index (χ4n) is 1.57. The molecule has 0 aromatic carbocycles. The normalized spacial score (nSPS) is 11.3. The van der Waals surface area contributed by atoms with E-state index >= 15 is 0 Å². The summed E-state index contributed by atoms with van der Waals surface area (Å²) in [5, 5.41) is 3.37. The Hall–Kier alpha value is -1.35. The third kappa shape index (κ3) is 6.40. The molecule has 3 heteroatoms. The van der Waals surface area contributed by atoms with E-state index in [1.54, 1.807) is 6.20 Å². The third-order valence-corrected chi connectivity index (χ3v) is 2.33. The monoisotopic (exact) mass is 248 g/mol. The molecule has 0 unspecified atom stereocenters. The van der Waals surface area contributed by atoms with Gasteiger partial charge in [-0.1, -0.05) is 19.1 Å². The van der Waals surface area contributed by atoms with Crippen molar-refractivity contribution in [3.63, 3.8) is 0 Å². The lowest BCUT2D eigenvalue weighted by Crippen LogP contribution is -2.14. The number of nitrogens with one attached hydrogen (secondary N) is 1. The van der Waals surface area contributed by atoms with E-state index in [1.807, 2.05) is 26.1 Å². The van der Waals surface area contributed by atoms with Crippen LogP contribution in [0.1, 0.15) is 39.2 Å². The SMILES string of the molecule is CCCNCC/C=C/c1cncc(OC(C)C)c1. The zero-order chi connectivity index (χ0) is 13.2. The highest BCUT2D eigenvalue weighted by atomic mass is 16.5. The largest absolute Gasteiger partial charge is 0.489 e. The van der Waals surface area contributed by atoms with Gasteiger partial charge in [0.1, 0.15) is 5.75 Å². The lowest BCUT2D eigenvalue weighted by atomic mass is 10.2. The van der Waals surface area contributed by atoms with E-state index in [-0.39, 0.29) is 6.10 Å². The summed E-state index contributed by atoms with van der Waals surface area (Å²) in [6.07, 6.45) is 10.3. The van der Waals surface area contributed by atoms with Crippen molar-refractivity contribution in [2.75, 3.05) is 13.1 Å². The molecule has 0 amide bonds. The summed E-state index contributed by atoms with van der Waals surface area (Å²) in [7, 11) is 0. The number of rotatable bonds is 8. The smallest absolute Gasteiger partial charge is 0.138 e. The molecule has 0 atom stereocenters. The Bertz CT molecular complexity index is 361. The minimum absolute atomic E-state index is 0.185. The summed E-state index contributed by atoms with van der Waals surface area (Å²) >= 11 is 0. The molecule has 0 saturated carbocycles. The molecule has 0 aliphatic heterocycles. The predicted octanol–water partition coefficient (Wildman–Crippen LogP) is 3.27. The molecule has 100 valence electrons. The first kappa shape index (κ1) is 14.7. The summed E-state index contributed by atoms with van der Waals surface area (Å²) in [6, 6.07) is 2.02. The van der Waals surface area contributed by atoms with E-state index < -0.39 is 0 Å². The highest BCUT2D eigenvalue weighted by Gasteiger charge is 1.98. The number of nitrogens with zero attached hydrogens (tertiary/aromatic N) is 1. The van der Waals surface area contributed by atoms with Crippen LogP contribution in [-0.4, -0.2) is 24.2 Å². The Labute approximate surface area is 110 Å². The first-order valence-electron chi connectivity index (χ1n) is 6.71. The lowest BCUT2D eigenvalue weighted by Gasteiger charge is -2.09. The third-order valence-electron chi connectivity index (χ3n) is 2.33. The van der Waals surface area contributed by atoms with Crippen LogP contribution in [0.2, 0.25) is 0 Å². The predicted molar refractivity (Wildman–Crippen MR) is 76.8 cm³/mol. The van der Waals surface area contributed by atoms with Gasteiger partial charge in [-0.25, -0.2) is 0 Å². The van der Waals surface area contributed by atoms with Crippen molar-refractivity contribution in [2.24, 2.45) is 0 Å². The number of hydrogen-bond donors (Lipinski definition) is 1. The summed E-state index contributed by atoms with van der Waals surface area (Å²) in [4.78, 5) is 4.17. The zero-order valence-electron chi connectivity index (χ0n) is 11.6. The molecule has 1 rings (SSSR count). The van der Waals surface area contributed by atoms with Gasteiger partial charge in [0.15, 0.2) is 0 Å². The van der Waals surface area contributed by atoms with Gasteiger partial charge in [0, 0.05) is 6.20 Å². The van der Waals surface area contributed by atoms with Gasteiger partial charge in [0.25, 0.3) is 0 Å². The summed E-state index contributed by atoms with van der Waals surface area (Å²) < 4.78 is 5.61. The number of aromatic nitrogens is 1. The minimum Gasteiger partial charge on any atom is -0.489 e. The number of hydrogen-bond acceptors (Lipinski definition) is 3. The second-order valence-corrected chi connectivity index (χ2v) is 4.56. The Morgan fingerprint density at radius 2 is 2.17 bits per heavy atom. The maximum Gasteiger partial charge on any atom is 0.138 e. The quantitative estimate of drug-likeness (QED) is 0.717. The van der Waals surface area contributed by atoms with E-state index in [4.69, 9.17) is 4.74 Å². The molecule has 0 spiro atoms. The number of pyridine rings is 1. The van der Waals surface area contributed by atoms with Crippen LogP contribution in [0.5, 0.6) is 5.75 Å². The van der Waals surface area contributed by atoms with Crippen LogP contribution in [-0.2, 0) is 0 Å². The van der Waals surface area contributed by atoms with Gasteiger partial charge >= 0.3 is 0 Å². The average Bonchev–Trinajstić information content (AvgIpc) is 2.33. The molecule has 0 aliphatic carbocycles. The second-order valence-electron chi connectivity index (χ2n) is 4.56. The summed E-state index contributed by atoms with van der Waals surface area (Å²) in [5.74, 6) is 0.830. The Morgan fingerprint density at radius 1 is 1.33 bits per heavy atom. The topological polar surface area (TPSA) is 34.2 Å². The molecule has 0 saturated heterocycles. The molecule has 1 N–H and O–H groups in total. The fraction of sp³-hybridized carbons (Fsp3) is 0.533. The van der Waals surface area contributed by atoms with Gasteiger partial charge in [-0.2, -0.15) is 0 Å². The van der Waals surface area contributed by atoms with Gasteiger partial charge in [0.05, 0.1) is 12.3 Å². The summed E-state index contributed by atoms with van der Waals surface area (Å²) in [5.41, 5.74) is 1.09. The molecule has 0 radical (unpaired) electrons. The van der Waals surface area contributed by atoms with E-state index in [0.29, 0.717) is 0 Å². The molecule has 18 heavy (non-hydrogen) atoms. The van der Waals surface area contributed by atoms with Crippen molar-refractivity contribution >= 4 is 6.08 Å². The van der Waals surface area contributed by atoms with Gasteiger partial charge in [-0.15, -0.1) is 0 Å². The van der Waals surface area contributed by atoms with Crippen LogP contribution in [0.25, 0.3) is 6.08 Å². The maximum atomic E-state index is 5.61. The van der Waals surface area contributed by atoms with E-state index in [9.17, 15) is 0 Å². The molecule has 1 heterocycles. The van der Waals surface area contributed by atoms with Crippen molar-refractivity contribution in [1.82, 2.24) is 10.3 Å². The van der Waals surface area contributed by atoms with Gasteiger partial charge in [-0.3, -0.25) is 4.98 Å². The minimum atomic E-state index is 0.185. The van der Waals surface area contributed by atoms with E-state index in [0.717, 1.165) is 30.8 Å². The molecule has 1 aromatic rings. The van der Waals surface area contributed by atoms with Crippen molar-refractivity contribution in [1.29, 1.82) is 0 Å². The fourth-order valence-corrected chi connectivity index (χ4v) is 1.57.